The highest BCUT2D eigenvalue weighted by atomic mass is 16.6. The zero-order chi connectivity index (χ0) is 39.4. The molecule has 56 heavy (non-hydrogen) atoms. The molecule has 5 rings (SSSR count). The third-order valence-corrected chi connectivity index (χ3v) is 11.4. The summed E-state index contributed by atoms with van der Waals surface area (Å²) in [6, 6.07) is 29.0. The summed E-state index contributed by atoms with van der Waals surface area (Å²) in [4.78, 5) is 15.2. The summed E-state index contributed by atoms with van der Waals surface area (Å²) in [6.45, 7) is 2.75. The van der Waals surface area contributed by atoms with Gasteiger partial charge in [0.15, 0.2) is 0 Å². The topological polar surface area (TPSA) is 118 Å². The molecule has 8 atom stereocenters. The zero-order valence-electron chi connectivity index (χ0n) is 33.5. The lowest BCUT2D eigenvalue weighted by molar-refractivity contribution is -0.259. The monoisotopic (exact) mass is 773 g/mol. The van der Waals surface area contributed by atoms with E-state index in [2.05, 4.69) is 6.92 Å². The molecule has 2 heterocycles. The van der Waals surface area contributed by atoms with Crippen molar-refractivity contribution < 1.29 is 39.1 Å². The molecule has 0 saturated carbocycles. The van der Waals surface area contributed by atoms with Gasteiger partial charge in [0, 0.05) is 6.54 Å². The molecule has 2 aliphatic heterocycles. The Balaban J connectivity index is 1.24. The first kappa shape index (κ1) is 43.8. The molecule has 3 aromatic carbocycles. The number of aliphatic hydroxyl groups excluding tert-OH is 3. The number of hydrogen-bond donors (Lipinski definition) is 3. The predicted octanol–water partition coefficient (Wildman–Crippen LogP) is 8.90. The summed E-state index contributed by atoms with van der Waals surface area (Å²) < 4.78 is 25.3. The molecule has 2 fully saturated rings. The lowest BCUT2D eigenvalue weighted by atomic mass is 9.89. The van der Waals surface area contributed by atoms with Gasteiger partial charge < -0.3 is 34.3 Å². The first-order chi connectivity index (χ1) is 27.5. The van der Waals surface area contributed by atoms with E-state index in [4.69, 9.17) is 18.9 Å². The van der Waals surface area contributed by atoms with Crippen LogP contribution in [0.15, 0.2) is 91.0 Å². The van der Waals surface area contributed by atoms with Crippen molar-refractivity contribution in [2.45, 2.75) is 172 Å². The first-order valence-corrected chi connectivity index (χ1v) is 21.4. The maximum atomic E-state index is 13.5. The fraction of sp³-hybridized carbons (Fsp3) is 0.596. The number of carbonyl (C=O) groups excluding carboxylic acids is 1. The highest BCUT2D eigenvalue weighted by molar-refractivity contribution is 5.71. The molecule has 0 bridgehead atoms. The molecule has 0 aliphatic carbocycles. The standard InChI is InChI=1S/C47H67NO8/c1-2-3-4-5-6-7-8-9-10-11-12-22-29-40(50)44-39(48(47(52)56-44)32-36-23-16-13-17-24-36)30-31-41-45(53-34-37-25-18-14-19-26-37)46(43(51)42(33-49)55-41)54-35-38-27-20-15-21-28-38/h13-21,23-28,39-46,49-51H,2-12,22,29-35H2,1H3/t39-,40+,41+,42?,43-,44-,45?,46+/m0/s1. The van der Waals surface area contributed by atoms with Crippen LogP contribution in [-0.4, -0.2) is 81.7 Å². The van der Waals surface area contributed by atoms with Crippen molar-refractivity contribution in [3.63, 3.8) is 0 Å². The molecule has 3 aromatic rings. The van der Waals surface area contributed by atoms with Crippen LogP contribution in [0.2, 0.25) is 0 Å². The minimum absolute atomic E-state index is 0.252. The highest BCUT2D eigenvalue weighted by Crippen LogP contribution is 2.34. The molecule has 2 saturated heterocycles. The number of nitrogens with zero attached hydrogens (tertiary/aromatic N) is 1. The van der Waals surface area contributed by atoms with Crippen molar-refractivity contribution in [3.8, 4) is 0 Å². The fourth-order valence-electron chi connectivity index (χ4n) is 8.20. The summed E-state index contributed by atoms with van der Waals surface area (Å²) in [5, 5.41) is 33.3. The predicted molar refractivity (Wildman–Crippen MR) is 219 cm³/mol. The Kier molecular flexibility index (Phi) is 19.1. The number of ether oxygens (including phenoxy) is 4. The summed E-state index contributed by atoms with van der Waals surface area (Å²) in [5.41, 5.74) is 2.89. The molecule has 9 heteroatoms. The number of amides is 1. The van der Waals surface area contributed by atoms with Crippen LogP contribution in [0.3, 0.4) is 0 Å². The van der Waals surface area contributed by atoms with Gasteiger partial charge in [-0.1, -0.05) is 175 Å². The van der Waals surface area contributed by atoms with Crippen molar-refractivity contribution in [1.29, 1.82) is 0 Å². The third-order valence-electron chi connectivity index (χ3n) is 11.4. The summed E-state index contributed by atoms with van der Waals surface area (Å²) >= 11 is 0. The molecular weight excluding hydrogens is 707 g/mol. The zero-order valence-corrected chi connectivity index (χ0v) is 33.5. The maximum absolute atomic E-state index is 13.5. The van der Waals surface area contributed by atoms with Gasteiger partial charge in [0.05, 0.1) is 38.1 Å². The average molecular weight is 774 g/mol. The van der Waals surface area contributed by atoms with Crippen LogP contribution in [0.4, 0.5) is 4.79 Å². The van der Waals surface area contributed by atoms with E-state index in [1.165, 1.54) is 57.8 Å². The van der Waals surface area contributed by atoms with Gasteiger partial charge in [-0.3, -0.25) is 4.90 Å². The molecule has 9 nitrogen and oxygen atoms in total. The summed E-state index contributed by atoms with van der Waals surface area (Å²) in [5.74, 6) is 0. The fourth-order valence-corrected chi connectivity index (χ4v) is 8.20. The molecular formula is C47H67NO8. The average Bonchev–Trinajstić information content (AvgIpc) is 3.54. The van der Waals surface area contributed by atoms with Gasteiger partial charge in [0.1, 0.15) is 30.5 Å². The Hall–Kier alpha value is -3.31. The minimum atomic E-state index is -1.13. The second-order valence-electron chi connectivity index (χ2n) is 15.8. The van der Waals surface area contributed by atoms with Gasteiger partial charge in [-0.15, -0.1) is 0 Å². The van der Waals surface area contributed by atoms with Gasteiger partial charge in [0.25, 0.3) is 0 Å². The quantitative estimate of drug-likeness (QED) is 0.0693. The van der Waals surface area contributed by atoms with E-state index in [0.717, 1.165) is 36.0 Å². The SMILES string of the molecule is CCCCCCCCCCCCCC[C@@H](O)[C@H]1OC(=O)N(Cc2ccccc2)[C@H]1CC[C@H]1OC(CO)[C@H](O)[C@@H](OCc2ccccc2)C1OCc1ccccc1. The number of unbranched alkanes of at least 4 members (excludes halogenated alkanes) is 11. The van der Waals surface area contributed by atoms with E-state index in [1.54, 1.807) is 4.90 Å². The maximum Gasteiger partial charge on any atom is 0.410 e. The highest BCUT2D eigenvalue weighted by Gasteiger charge is 2.49. The molecule has 0 radical (unpaired) electrons. The molecule has 0 aromatic heterocycles. The molecule has 1 amide bonds. The van der Waals surface area contributed by atoms with Gasteiger partial charge >= 0.3 is 6.09 Å². The minimum Gasteiger partial charge on any atom is -0.441 e. The van der Waals surface area contributed by atoms with Crippen LogP contribution >= 0.6 is 0 Å². The third kappa shape index (κ3) is 13.7. The van der Waals surface area contributed by atoms with Gasteiger partial charge in [-0.25, -0.2) is 4.79 Å². The normalized spacial score (nSPS) is 24.3. The Morgan fingerprint density at radius 2 is 1.16 bits per heavy atom. The second kappa shape index (κ2) is 24.5. The number of cyclic esters (lactones) is 1. The number of aliphatic hydroxyl groups is 3. The van der Waals surface area contributed by atoms with Crippen molar-refractivity contribution >= 4 is 6.09 Å². The number of hydrogen-bond acceptors (Lipinski definition) is 8. The Bertz CT molecular complexity index is 1480. The van der Waals surface area contributed by atoms with E-state index >= 15 is 0 Å². The second-order valence-corrected chi connectivity index (χ2v) is 15.8. The molecule has 2 unspecified atom stereocenters. The van der Waals surface area contributed by atoms with Crippen molar-refractivity contribution in [2.75, 3.05) is 6.61 Å². The van der Waals surface area contributed by atoms with Gasteiger partial charge in [-0.2, -0.15) is 0 Å². The largest absolute Gasteiger partial charge is 0.441 e. The van der Waals surface area contributed by atoms with Crippen molar-refractivity contribution in [1.82, 2.24) is 4.90 Å². The molecule has 308 valence electrons. The van der Waals surface area contributed by atoms with E-state index in [-0.39, 0.29) is 19.8 Å². The van der Waals surface area contributed by atoms with Crippen molar-refractivity contribution in [2.24, 2.45) is 0 Å². The Morgan fingerprint density at radius 1 is 0.661 bits per heavy atom. The van der Waals surface area contributed by atoms with E-state index < -0.39 is 54.9 Å². The van der Waals surface area contributed by atoms with Crippen LogP contribution in [-0.2, 0) is 38.7 Å². The van der Waals surface area contributed by atoms with E-state index in [1.807, 2.05) is 91.0 Å². The summed E-state index contributed by atoms with van der Waals surface area (Å²) in [7, 11) is 0. The van der Waals surface area contributed by atoms with Crippen LogP contribution in [0.25, 0.3) is 0 Å². The van der Waals surface area contributed by atoms with Gasteiger partial charge in [-0.05, 0) is 36.0 Å². The van der Waals surface area contributed by atoms with Crippen LogP contribution in [0.5, 0.6) is 0 Å². The number of rotatable bonds is 26. The Labute approximate surface area is 335 Å². The lowest BCUT2D eigenvalue weighted by Gasteiger charge is -2.44. The Morgan fingerprint density at radius 3 is 1.70 bits per heavy atom. The smallest absolute Gasteiger partial charge is 0.410 e. The molecule has 3 N–H and O–H groups in total. The molecule has 2 aliphatic rings. The van der Waals surface area contributed by atoms with Crippen LogP contribution in [0, 0.1) is 0 Å². The first-order valence-electron chi connectivity index (χ1n) is 21.4. The number of carbonyl (C=O) groups is 1. The van der Waals surface area contributed by atoms with E-state index in [0.29, 0.717) is 25.8 Å². The molecule has 0 spiro atoms. The van der Waals surface area contributed by atoms with E-state index in [9.17, 15) is 20.1 Å². The van der Waals surface area contributed by atoms with Gasteiger partial charge in [0.2, 0.25) is 0 Å². The lowest BCUT2D eigenvalue weighted by Crippen LogP contribution is -2.60. The van der Waals surface area contributed by atoms with Crippen molar-refractivity contribution in [3.05, 3.63) is 108 Å². The summed E-state index contributed by atoms with van der Waals surface area (Å²) in [6.07, 6.45) is 10.3. The van der Waals surface area contributed by atoms with Crippen LogP contribution in [0.1, 0.15) is 120 Å². The van der Waals surface area contributed by atoms with Crippen LogP contribution < -0.4 is 0 Å². The number of benzene rings is 3.